The molecule has 1 atom stereocenters. The lowest BCUT2D eigenvalue weighted by Crippen LogP contribution is -2.69. The molecule has 1 N–H and O–H groups in total. The highest BCUT2D eigenvalue weighted by atomic mass is 79.9. The molecule has 2 amide bonds. The summed E-state index contributed by atoms with van der Waals surface area (Å²) in [6.45, 7) is 4.31. The fourth-order valence-electron chi connectivity index (χ4n) is 4.69. The highest BCUT2D eigenvalue weighted by Gasteiger charge is 2.58. The fraction of sp³-hybridized carbons (Fsp3) is 0.440. The van der Waals surface area contributed by atoms with Crippen molar-refractivity contribution in [2.75, 3.05) is 4.90 Å². The van der Waals surface area contributed by atoms with Gasteiger partial charge in [-0.1, -0.05) is 73.3 Å². The number of rotatable bonds is 5. The van der Waals surface area contributed by atoms with Crippen molar-refractivity contribution in [1.82, 2.24) is 5.32 Å². The van der Waals surface area contributed by atoms with Crippen LogP contribution in [0.3, 0.4) is 0 Å². The van der Waals surface area contributed by atoms with Crippen LogP contribution in [0.5, 0.6) is 0 Å². The lowest BCUT2D eigenvalue weighted by atomic mass is 9.75. The highest BCUT2D eigenvalue weighted by molar-refractivity contribution is 9.10. The van der Waals surface area contributed by atoms with Crippen LogP contribution in [0.2, 0.25) is 0 Å². The van der Waals surface area contributed by atoms with Gasteiger partial charge in [0.1, 0.15) is 0 Å². The molecule has 2 aliphatic rings. The molecule has 2 aromatic rings. The smallest absolute Gasteiger partial charge is 0.251 e. The molecular weight excluding hydrogens is 440 g/mol. The molecule has 4 rings (SSSR count). The summed E-state index contributed by atoms with van der Waals surface area (Å²) in [5, 5.41) is 3.29. The molecule has 0 spiro atoms. The van der Waals surface area contributed by atoms with Gasteiger partial charge < -0.3 is 5.32 Å². The number of β-lactam (4-membered cyclic amide) rings is 1. The number of nitrogens with zero attached hydrogens (tertiary/aromatic N) is 1. The monoisotopic (exact) mass is 468 g/mol. The molecule has 1 aliphatic heterocycles. The number of benzene rings is 2. The van der Waals surface area contributed by atoms with Gasteiger partial charge in [0.25, 0.3) is 5.91 Å². The first-order valence-corrected chi connectivity index (χ1v) is 11.7. The van der Waals surface area contributed by atoms with Crippen molar-refractivity contribution in [3.8, 4) is 0 Å². The predicted octanol–water partition coefficient (Wildman–Crippen LogP) is 5.65. The van der Waals surface area contributed by atoms with Crippen molar-refractivity contribution in [2.45, 2.75) is 69.9 Å². The molecule has 4 nitrogen and oxygen atoms in total. The second-order valence-corrected chi connectivity index (χ2v) is 9.74. The maximum atomic E-state index is 13.7. The third kappa shape index (κ3) is 3.80. The van der Waals surface area contributed by atoms with Gasteiger partial charge in [-0.3, -0.25) is 14.5 Å². The van der Waals surface area contributed by atoms with Gasteiger partial charge in [0.15, 0.2) is 5.54 Å². The molecule has 2 fully saturated rings. The summed E-state index contributed by atoms with van der Waals surface area (Å²) in [6, 6.07) is 16.0. The number of anilines is 1. The molecule has 1 heterocycles. The Bertz CT molecular complexity index is 917. The largest absolute Gasteiger partial charge is 0.351 e. The minimum atomic E-state index is -0.988. The Morgan fingerprint density at radius 2 is 1.67 bits per heavy atom. The zero-order valence-electron chi connectivity index (χ0n) is 17.7. The van der Waals surface area contributed by atoms with Crippen LogP contribution in [0.1, 0.15) is 69.4 Å². The molecule has 5 heteroatoms. The quantitative estimate of drug-likeness (QED) is 0.575. The standard InChI is InChI=1S/C25H29BrN2O2/c1-17(2)18-8-10-19(11-9-18)25(24(30)27-21-6-4-3-5-7-21)16-23(29)28(25)22-14-12-20(26)13-15-22/h8-15,17,21H,3-7,16H2,1-2H3,(H,27,30)/t25-/m1/s1. The minimum absolute atomic E-state index is 0.0240. The van der Waals surface area contributed by atoms with Gasteiger partial charge in [0.05, 0.1) is 6.42 Å². The van der Waals surface area contributed by atoms with Crippen LogP contribution in [-0.2, 0) is 15.1 Å². The van der Waals surface area contributed by atoms with Crippen LogP contribution < -0.4 is 10.2 Å². The zero-order valence-corrected chi connectivity index (χ0v) is 19.2. The topological polar surface area (TPSA) is 49.4 Å². The number of amides is 2. The molecule has 158 valence electrons. The van der Waals surface area contributed by atoms with Crippen molar-refractivity contribution < 1.29 is 9.59 Å². The zero-order chi connectivity index (χ0) is 21.3. The summed E-state index contributed by atoms with van der Waals surface area (Å²) >= 11 is 3.46. The maximum absolute atomic E-state index is 13.7. The summed E-state index contributed by atoms with van der Waals surface area (Å²) in [7, 11) is 0. The van der Waals surface area contributed by atoms with Gasteiger partial charge in [0, 0.05) is 16.2 Å². The Morgan fingerprint density at radius 3 is 2.23 bits per heavy atom. The SMILES string of the molecule is CC(C)c1ccc([C@@]2(C(=O)NC3CCCCC3)CC(=O)N2c2ccc(Br)cc2)cc1. The Balaban J connectivity index is 1.73. The number of hydrogen-bond acceptors (Lipinski definition) is 2. The summed E-state index contributed by atoms with van der Waals surface area (Å²) in [5.74, 6) is 0.329. The van der Waals surface area contributed by atoms with E-state index in [1.165, 1.54) is 12.0 Å². The average Bonchev–Trinajstić information content (AvgIpc) is 2.74. The second kappa shape index (κ2) is 8.54. The van der Waals surface area contributed by atoms with Crippen molar-refractivity contribution in [3.63, 3.8) is 0 Å². The average molecular weight is 469 g/mol. The van der Waals surface area contributed by atoms with E-state index >= 15 is 0 Å². The molecule has 30 heavy (non-hydrogen) atoms. The molecule has 0 aromatic heterocycles. The predicted molar refractivity (Wildman–Crippen MR) is 123 cm³/mol. The van der Waals surface area contributed by atoms with E-state index in [0.717, 1.165) is 41.4 Å². The molecule has 1 saturated carbocycles. The number of carbonyl (C=O) groups excluding carboxylic acids is 2. The van der Waals surface area contributed by atoms with E-state index in [9.17, 15) is 9.59 Å². The Hall–Kier alpha value is -2.14. The fourth-order valence-corrected chi connectivity index (χ4v) is 4.96. The van der Waals surface area contributed by atoms with Crippen molar-refractivity contribution in [3.05, 3.63) is 64.1 Å². The maximum Gasteiger partial charge on any atom is 0.251 e. The first-order chi connectivity index (χ1) is 14.4. The van der Waals surface area contributed by atoms with Gasteiger partial charge in [-0.15, -0.1) is 0 Å². The summed E-state index contributed by atoms with van der Waals surface area (Å²) < 4.78 is 0.942. The Labute approximate surface area is 187 Å². The van der Waals surface area contributed by atoms with Crippen LogP contribution in [0.4, 0.5) is 5.69 Å². The summed E-state index contributed by atoms with van der Waals surface area (Å²) in [6.07, 6.45) is 5.76. The van der Waals surface area contributed by atoms with E-state index in [4.69, 9.17) is 0 Å². The molecule has 0 bridgehead atoms. The number of carbonyl (C=O) groups is 2. The molecule has 0 radical (unpaired) electrons. The third-order valence-corrected chi connectivity index (χ3v) is 7.02. The van der Waals surface area contributed by atoms with Gasteiger partial charge in [-0.2, -0.15) is 0 Å². The van der Waals surface area contributed by atoms with Crippen LogP contribution in [-0.4, -0.2) is 17.9 Å². The molecule has 0 unspecified atom stereocenters. The van der Waals surface area contributed by atoms with Crippen LogP contribution in [0, 0.1) is 0 Å². The van der Waals surface area contributed by atoms with Crippen LogP contribution in [0.25, 0.3) is 0 Å². The molecule has 2 aromatic carbocycles. The van der Waals surface area contributed by atoms with E-state index in [0.29, 0.717) is 5.92 Å². The number of hydrogen-bond donors (Lipinski definition) is 1. The molecule has 1 saturated heterocycles. The first kappa shape index (κ1) is 21.1. The lowest BCUT2D eigenvalue weighted by Gasteiger charge is -2.51. The summed E-state index contributed by atoms with van der Waals surface area (Å²) in [4.78, 5) is 28.2. The van der Waals surface area contributed by atoms with Gasteiger partial charge in [-0.05, 0) is 54.2 Å². The molecule has 1 aliphatic carbocycles. The van der Waals surface area contributed by atoms with Gasteiger partial charge in [-0.25, -0.2) is 0 Å². The van der Waals surface area contributed by atoms with E-state index < -0.39 is 5.54 Å². The van der Waals surface area contributed by atoms with Crippen molar-refractivity contribution >= 4 is 33.4 Å². The number of nitrogens with one attached hydrogen (secondary N) is 1. The van der Waals surface area contributed by atoms with Crippen molar-refractivity contribution in [1.29, 1.82) is 0 Å². The third-order valence-electron chi connectivity index (χ3n) is 6.49. The van der Waals surface area contributed by atoms with Gasteiger partial charge >= 0.3 is 0 Å². The van der Waals surface area contributed by atoms with E-state index in [1.807, 2.05) is 36.4 Å². The minimum Gasteiger partial charge on any atom is -0.351 e. The lowest BCUT2D eigenvalue weighted by molar-refractivity contribution is -0.141. The summed E-state index contributed by atoms with van der Waals surface area (Å²) in [5.41, 5.74) is 1.86. The highest BCUT2D eigenvalue weighted by Crippen LogP contribution is 2.46. The Kier molecular flexibility index (Phi) is 6.01. The van der Waals surface area contributed by atoms with Crippen LogP contribution >= 0.6 is 15.9 Å². The normalized spacial score (nSPS) is 22.1. The molecular formula is C25H29BrN2O2. The second-order valence-electron chi connectivity index (χ2n) is 8.83. The van der Waals surface area contributed by atoms with E-state index in [2.05, 4.69) is 47.2 Å². The van der Waals surface area contributed by atoms with E-state index in [1.54, 1.807) is 4.90 Å². The first-order valence-electron chi connectivity index (χ1n) is 10.9. The van der Waals surface area contributed by atoms with Crippen molar-refractivity contribution in [2.24, 2.45) is 0 Å². The Morgan fingerprint density at radius 1 is 1.03 bits per heavy atom. The number of halogens is 1. The van der Waals surface area contributed by atoms with Gasteiger partial charge in [0.2, 0.25) is 5.91 Å². The van der Waals surface area contributed by atoms with E-state index in [-0.39, 0.29) is 24.3 Å². The van der Waals surface area contributed by atoms with Crippen LogP contribution in [0.15, 0.2) is 53.0 Å².